The molecule has 0 amide bonds. The van der Waals surface area contributed by atoms with Gasteiger partial charge in [0.1, 0.15) is 11.3 Å². The predicted octanol–water partition coefficient (Wildman–Crippen LogP) is 3.34. The number of methoxy groups -OCH3 is 1. The topological polar surface area (TPSA) is 61.8 Å². The Hall–Kier alpha value is -1.79. The molecule has 6 heteroatoms. The Balaban J connectivity index is 1.87. The third kappa shape index (κ3) is 3.75. The highest BCUT2D eigenvalue weighted by molar-refractivity contribution is 7.99. The van der Waals surface area contributed by atoms with Gasteiger partial charge in [0.2, 0.25) is 0 Å². The molecule has 25 heavy (non-hydrogen) atoms. The molecule has 1 aromatic carbocycles. The number of hydrogen-bond acceptors (Lipinski definition) is 6. The van der Waals surface area contributed by atoms with E-state index in [1.165, 1.54) is 14.0 Å². The zero-order chi connectivity index (χ0) is 18.0. The van der Waals surface area contributed by atoms with Gasteiger partial charge in [0, 0.05) is 24.0 Å². The van der Waals surface area contributed by atoms with Crippen LogP contribution in [-0.2, 0) is 23.8 Å². The van der Waals surface area contributed by atoms with Gasteiger partial charge in [0.15, 0.2) is 0 Å². The largest absolute Gasteiger partial charge is 0.465 e. The summed E-state index contributed by atoms with van der Waals surface area (Å²) < 4.78 is 16.6. The molecule has 3 atom stereocenters. The minimum Gasteiger partial charge on any atom is -0.465 e. The number of rotatable bonds is 5. The van der Waals surface area contributed by atoms with Gasteiger partial charge in [-0.1, -0.05) is 25.1 Å². The Bertz CT molecular complexity index is 699. The summed E-state index contributed by atoms with van der Waals surface area (Å²) in [5, 5.41) is 0. The standard InChI is InChI=1S/C19H22O5S/c1-12-9-19(11-25-14-7-5-4-6-8-14)10-15(23-13(2)20)16(17(12)24-19)18(21)22-3/h4-8,12,17H,9-11H2,1-3H3/t12-,17-,19+/m1/s1. The summed E-state index contributed by atoms with van der Waals surface area (Å²) >= 11 is 1.71. The fraction of sp³-hybridized carbons (Fsp3) is 0.474. The second kappa shape index (κ2) is 7.22. The van der Waals surface area contributed by atoms with E-state index in [2.05, 4.69) is 19.1 Å². The van der Waals surface area contributed by atoms with Crippen LogP contribution in [0.3, 0.4) is 0 Å². The van der Waals surface area contributed by atoms with Crippen LogP contribution in [0.5, 0.6) is 0 Å². The van der Waals surface area contributed by atoms with E-state index in [1.54, 1.807) is 11.8 Å². The van der Waals surface area contributed by atoms with Gasteiger partial charge in [-0.05, 0) is 24.5 Å². The van der Waals surface area contributed by atoms with E-state index in [-0.39, 0.29) is 5.92 Å². The molecule has 0 unspecified atom stereocenters. The van der Waals surface area contributed by atoms with E-state index in [0.717, 1.165) is 17.1 Å². The zero-order valence-electron chi connectivity index (χ0n) is 14.6. The van der Waals surface area contributed by atoms with E-state index < -0.39 is 23.6 Å². The SMILES string of the molecule is COC(=O)C1=C(OC(C)=O)C[C@]2(CSc3ccccc3)C[C@@H](C)[C@H]1O2. The molecule has 2 aliphatic heterocycles. The number of carbonyl (C=O) groups is 2. The van der Waals surface area contributed by atoms with Crippen molar-refractivity contribution in [3.8, 4) is 0 Å². The molecule has 0 saturated carbocycles. The lowest BCUT2D eigenvalue weighted by Crippen LogP contribution is -2.39. The number of carbonyl (C=O) groups excluding carboxylic acids is 2. The summed E-state index contributed by atoms with van der Waals surface area (Å²) in [6.45, 7) is 3.40. The molecule has 5 nitrogen and oxygen atoms in total. The lowest BCUT2D eigenvalue weighted by Gasteiger charge is -2.34. The first-order valence-electron chi connectivity index (χ1n) is 8.29. The van der Waals surface area contributed by atoms with Crippen LogP contribution in [0.25, 0.3) is 0 Å². The molecular formula is C19H22O5S. The third-order valence-corrected chi connectivity index (χ3v) is 5.85. The number of hydrogen-bond donors (Lipinski definition) is 0. The number of fused-ring (bicyclic) bond motifs is 2. The van der Waals surface area contributed by atoms with Gasteiger partial charge in [-0.25, -0.2) is 4.79 Å². The summed E-state index contributed by atoms with van der Waals surface area (Å²) in [6, 6.07) is 10.1. The van der Waals surface area contributed by atoms with Crippen LogP contribution in [-0.4, -0.2) is 36.5 Å². The highest BCUT2D eigenvalue weighted by Crippen LogP contribution is 2.49. The lowest BCUT2D eigenvalue weighted by molar-refractivity contribution is -0.143. The van der Waals surface area contributed by atoms with E-state index in [0.29, 0.717) is 17.8 Å². The van der Waals surface area contributed by atoms with Crippen molar-refractivity contribution in [1.82, 2.24) is 0 Å². The summed E-state index contributed by atoms with van der Waals surface area (Å²) in [6.07, 6.45) is 0.812. The van der Waals surface area contributed by atoms with Crippen molar-refractivity contribution >= 4 is 23.7 Å². The number of esters is 2. The Labute approximate surface area is 151 Å². The molecule has 0 aliphatic carbocycles. The molecular weight excluding hydrogens is 340 g/mol. The molecule has 2 bridgehead atoms. The summed E-state index contributed by atoms with van der Waals surface area (Å²) in [5.41, 5.74) is -0.0876. The van der Waals surface area contributed by atoms with E-state index in [4.69, 9.17) is 14.2 Å². The fourth-order valence-corrected chi connectivity index (χ4v) is 4.68. The van der Waals surface area contributed by atoms with Gasteiger partial charge in [-0.2, -0.15) is 0 Å². The van der Waals surface area contributed by atoms with Gasteiger partial charge in [0.05, 0.1) is 18.8 Å². The molecule has 134 valence electrons. The summed E-state index contributed by atoms with van der Waals surface area (Å²) in [4.78, 5) is 24.9. The lowest BCUT2D eigenvalue weighted by atomic mass is 9.94. The first kappa shape index (κ1) is 18.0. The summed E-state index contributed by atoms with van der Waals surface area (Å²) in [5.74, 6) is 0.361. The quantitative estimate of drug-likeness (QED) is 0.591. The van der Waals surface area contributed by atoms with Crippen LogP contribution in [0.4, 0.5) is 0 Å². The average Bonchev–Trinajstić information content (AvgIpc) is 2.85. The Kier molecular flexibility index (Phi) is 5.20. The van der Waals surface area contributed by atoms with E-state index in [1.807, 2.05) is 18.2 Å². The van der Waals surface area contributed by atoms with Crippen LogP contribution in [0, 0.1) is 5.92 Å². The summed E-state index contributed by atoms with van der Waals surface area (Å²) in [7, 11) is 1.33. The minimum atomic E-state index is -0.487. The average molecular weight is 362 g/mol. The number of benzene rings is 1. The molecule has 1 aromatic rings. The molecule has 1 fully saturated rings. The van der Waals surface area contributed by atoms with Crippen molar-refractivity contribution < 1.29 is 23.8 Å². The Morgan fingerprint density at radius 3 is 2.68 bits per heavy atom. The van der Waals surface area contributed by atoms with Gasteiger partial charge >= 0.3 is 11.9 Å². The van der Waals surface area contributed by atoms with Crippen LogP contribution >= 0.6 is 11.8 Å². The molecule has 3 rings (SSSR count). The maximum Gasteiger partial charge on any atom is 0.339 e. The second-order valence-electron chi connectivity index (χ2n) is 6.60. The Morgan fingerprint density at radius 1 is 1.32 bits per heavy atom. The highest BCUT2D eigenvalue weighted by Gasteiger charge is 2.53. The van der Waals surface area contributed by atoms with Gasteiger partial charge < -0.3 is 14.2 Å². The van der Waals surface area contributed by atoms with Crippen molar-refractivity contribution in [2.24, 2.45) is 5.92 Å². The molecule has 0 N–H and O–H groups in total. The van der Waals surface area contributed by atoms with Crippen LogP contribution < -0.4 is 0 Å². The monoisotopic (exact) mass is 362 g/mol. The van der Waals surface area contributed by atoms with Crippen LogP contribution in [0.15, 0.2) is 46.6 Å². The van der Waals surface area contributed by atoms with Crippen molar-refractivity contribution in [3.05, 3.63) is 41.7 Å². The minimum absolute atomic E-state index is 0.151. The second-order valence-corrected chi connectivity index (χ2v) is 7.65. The van der Waals surface area contributed by atoms with Crippen LogP contribution in [0.1, 0.15) is 26.7 Å². The molecule has 0 radical (unpaired) electrons. The van der Waals surface area contributed by atoms with Crippen molar-refractivity contribution in [2.45, 2.75) is 43.3 Å². The van der Waals surface area contributed by atoms with Gasteiger partial charge in [-0.3, -0.25) is 4.79 Å². The molecule has 0 aromatic heterocycles. The normalized spacial score (nSPS) is 28.0. The first-order chi connectivity index (χ1) is 11.9. The van der Waals surface area contributed by atoms with Crippen molar-refractivity contribution in [3.63, 3.8) is 0 Å². The van der Waals surface area contributed by atoms with E-state index in [9.17, 15) is 9.59 Å². The molecule has 0 spiro atoms. The molecule has 2 aliphatic rings. The van der Waals surface area contributed by atoms with Gasteiger partial charge in [0.25, 0.3) is 0 Å². The predicted molar refractivity (Wildman–Crippen MR) is 94.0 cm³/mol. The molecule has 1 saturated heterocycles. The maximum absolute atomic E-state index is 12.2. The fourth-order valence-electron chi connectivity index (χ4n) is 3.61. The number of ether oxygens (including phenoxy) is 3. The molecule has 2 heterocycles. The third-order valence-electron chi connectivity index (χ3n) is 4.57. The zero-order valence-corrected chi connectivity index (χ0v) is 15.4. The van der Waals surface area contributed by atoms with Crippen LogP contribution in [0.2, 0.25) is 0 Å². The maximum atomic E-state index is 12.2. The highest BCUT2D eigenvalue weighted by atomic mass is 32.2. The van der Waals surface area contributed by atoms with Crippen molar-refractivity contribution in [1.29, 1.82) is 0 Å². The first-order valence-corrected chi connectivity index (χ1v) is 9.28. The van der Waals surface area contributed by atoms with Crippen molar-refractivity contribution in [2.75, 3.05) is 12.9 Å². The van der Waals surface area contributed by atoms with E-state index >= 15 is 0 Å². The van der Waals surface area contributed by atoms with Gasteiger partial charge in [-0.15, -0.1) is 11.8 Å². The number of thioether (sulfide) groups is 1. The smallest absolute Gasteiger partial charge is 0.339 e. The Morgan fingerprint density at radius 2 is 2.04 bits per heavy atom.